The molecule has 7 nitrogen and oxygen atoms in total. The molecule has 0 aliphatic rings. The lowest BCUT2D eigenvalue weighted by Crippen LogP contribution is -2.36. The Morgan fingerprint density at radius 2 is 1.95 bits per heavy atom. The van der Waals surface area contributed by atoms with Crippen molar-refractivity contribution in [3.05, 3.63) is 11.9 Å². The quantitative estimate of drug-likeness (QED) is 0.672. The van der Waals surface area contributed by atoms with Gasteiger partial charge in [-0.05, 0) is 33.0 Å². The summed E-state index contributed by atoms with van der Waals surface area (Å²) in [6, 6.07) is 0. The molecule has 0 bridgehead atoms. The first-order valence-corrected chi connectivity index (χ1v) is 7.73. The summed E-state index contributed by atoms with van der Waals surface area (Å²) < 4.78 is 1.55. The minimum atomic E-state index is 0.0746. The number of carbonyl (C=O) groups is 1. The predicted octanol–water partition coefficient (Wildman–Crippen LogP) is 0.317. The van der Waals surface area contributed by atoms with Crippen LogP contribution in [0.2, 0.25) is 0 Å². The van der Waals surface area contributed by atoms with Crippen molar-refractivity contribution in [2.75, 3.05) is 32.7 Å². The summed E-state index contributed by atoms with van der Waals surface area (Å²) >= 11 is 0. The molecular formula is C14H28N6O. The van der Waals surface area contributed by atoms with E-state index >= 15 is 0 Å². The first-order valence-electron chi connectivity index (χ1n) is 7.73. The van der Waals surface area contributed by atoms with Crippen LogP contribution in [0.15, 0.2) is 6.20 Å². The number of aromatic nitrogens is 3. The molecule has 1 aromatic heterocycles. The molecule has 1 rings (SSSR count). The highest BCUT2D eigenvalue weighted by Gasteiger charge is 2.13. The second-order valence-corrected chi connectivity index (χ2v) is 4.97. The zero-order valence-corrected chi connectivity index (χ0v) is 13.5. The van der Waals surface area contributed by atoms with Gasteiger partial charge in [-0.3, -0.25) is 4.79 Å². The van der Waals surface area contributed by atoms with Gasteiger partial charge in [0.05, 0.1) is 11.9 Å². The smallest absolute Gasteiger partial charge is 0.244 e. The van der Waals surface area contributed by atoms with Gasteiger partial charge in [-0.25, -0.2) is 4.68 Å². The first kappa shape index (κ1) is 17.6. The Labute approximate surface area is 127 Å². The summed E-state index contributed by atoms with van der Waals surface area (Å²) in [5, 5.41) is 7.80. The Bertz CT molecular complexity index is 415. The van der Waals surface area contributed by atoms with Crippen LogP contribution in [-0.4, -0.2) is 63.4 Å². The van der Waals surface area contributed by atoms with Crippen molar-refractivity contribution in [3.63, 3.8) is 0 Å². The molecule has 0 aliphatic carbocycles. The molecule has 0 aromatic carbocycles. The van der Waals surface area contributed by atoms with Crippen LogP contribution in [0.25, 0.3) is 0 Å². The molecule has 0 spiro atoms. The predicted molar refractivity (Wildman–Crippen MR) is 82.6 cm³/mol. The van der Waals surface area contributed by atoms with Gasteiger partial charge in [0.15, 0.2) is 0 Å². The van der Waals surface area contributed by atoms with E-state index in [2.05, 4.69) is 29.1 Å². The minimum absolute atomic E-state index is 0.0746. The Balaban J connectivity index is 2.41. The number of hydrogen-bond acceptors (Lipinski definition) is 5. The van der Waals surface area contributed by atoms with Crippen LogP contribution in [0.5, 0.6) is 0 Å². The van der Waals surface area contributed by atoms with Crippen molar-refractivity contribution in [2.45, 2.75) is 40.3 Å². The van der Waals surface area contributed by atoms with Gasteiger partial charge >= 0.3 is 0 Å². The molecule has 1 amide bonds. The fourth-order valence-corrected chi connectivity index (χ4v) is 2.23. The highest BCUT2D eigenvalue weighted by Crippen LogP contribution is 1.99. The third-order valence-electron chi connectivity index (χ3n) is 3.62. The molecule has 0 atom stereocenters. The highest BCUT2D eigenvalue weighted by molar-refractivity contribution is 5.75. The van der Waals surface area contributed by atoms with Crippen LogP contribution in [0, 0.1) is 0 Å². The second kappa shape index (κ2) is 9.46. The Morgan fingerprint density at radius 3 is 2.48 bits per heavy atom. The van der Waals surface area contributed by atoms with Crippen LogP contribution in [0.1, 0.15) is 32.9 Å². The van der Waals surface area contributed by atoms with Crippen molar-refractivity contribution in [1.29, 1.82) is 0 Å². The van der Waals surface area contributed by atoms with Crippen molar-refractivity contribution in [2.24, 2.45) is 5.73 Å². The summed E-state index contributed by atoms with van der Waals surface area (Å²) in [5.41, 5.74) is 6.19. The maximum atomic E-state index is 12.2. The largest absolute Gasteiger partial charge is 0.341 e. The van der Waals surface area contributed by atoms with Crippen LogP contribution in [0.4, 0.5) is 0 Å². The standard InChI is InChI=1S/C14H28N6O/c1-4-18(5-2)8-7-9-19(6-3)14(21)12-20-11-13(10-15)16-17-20/h11H,4-10,12,15H2,1-3H3. The molecule has 0 aliphatic heterocycles. The van der Waals surface area contributed by atoms with Crippen molar-refractivity contribution in [1.82, 2.24) is 24.8 Å². The monoisotopic (exact) mass is 296 g/mol. The van der Waals surface area contributed by atoms with Gasteiger partial charge in [-0.2, -0.15) is 0 Å². The molecule has 1 aromatic rings. The van der Waals surface area contributed by atoms with E-state index in [4.69, 9.17) is 5.73 Å². The van der Waals surface area contributed by atoms with E-state index < -0.39 is 0 Å². The van der Waals surface area contributed by atoms with E-state index in [1.54, 1.807) is 10.9 Å². The van der Waals surface area contributed by atoms with Crippen LogP contribution in [0.3, 0.4) is 0 Å². The lowest BCUT2D eigenvalue weighted by atomic mass is 10.3. The zero-order chi connectivity index (χ0) is 15.7. The summed E-state index contributed by atoms with van der Waals surface area (Å²) in [5.74, 6) is 0.0746. The number of rotatable bonds is 10. The third-order valence-corrected chi connectivity index (χ3v) is 3.62. The van der Waals surface area contributed by atoms with Gasteiger partial charge in [0.25, 0.3) is 0 Å². The van der Waals surface area contributed by atoms with Crippen LogP contribution in [-0.2, 0) is 17.9 Å². The van der Waals surface area contributed by atoms with E-state index in [1.807, 2.05) is 11.8 Å². The van der Waals surface area contributed by atoms with Crippen LogP contribution >= 0.6 is 0 Å². The third kappa shape index (κ3) is 5.81. The van der Waals surface area contributed by atoms with Crippen molar-refractivity contribution in [3.8, 4) is 0 Å². The minimum Gasteiger partial charge on any atom is -0.341 e. The van der Waals surface area contributed by atoms with Gasteiger partial charge in [0.1, 0.15) is 6.54 Å². The van der Waals surface area contributed by atoms with E-state index in [-0.39, 0.29) is 12.5 Å². The number of likely N-dealkylation sites (N-methyl/N-ethyl adjacent to an activating group) is 1. The SMILES string of the molecule is CCN(CC)CCCN(CC)C(=O)Cn1cc(CN)nn1. The Morgan fingerprint density at radius 1 is 1.24 bits per heavy atom. The Hall–Kier alpha value is -1.47. The number of carbonyl (C=O) groups excluding carboxylic acids is 1. The molecule has 2 N–H and O–H groups in total. The average Bonchev–Trinajstić information content (AvgIpc) is 2.95. The molecule has 0 saturated carbocycles. The zero-order valence-electron chi connectivity index (χ0n) is 13.5. The summed E-state index contributed by atoms with van der Waals surface area (Å²) in [6.45, 7) is 11.5. The number of hydrogen-bond donors (Lipinski definition) is 1. The molecule has 1 heterocycles. The molecule has 0 saturated heterocycles. The van der Waals surface area contributed by atoms with E-state index in [0.29, 0.717) is 12.2 Å². The molecular weight excluding hydrogens is 268 g/mol. The molecule has 0 fully saturated rings. The maximum Gasteiger partial charge on any atom is 0.244 e. The maximum absolute atomic E-state index is 12.2. The molecule has 21 heavy (non-hydrogen) atoms. The van der Waals surface area contributed by atoms with E-state index in [0.717, 1.165) is 39.1 Å². The van der Waals surface area contributed by atoms with Crippen molar-refractivity contribution < 1.29 is 4.79 Å². The highest BCUT2D eigenvalue weighted by atomic mass is 16.2. The second-order valence-electron chi connectivity index (χ2n) is 4.97. The molecule has 0 unspecified atom stereocenters. The average molecular weight is 296 g/mol. The molecule has 0 radical (unpaired) electrons. The van der Waals surface area contributed by atoms with Gasteiger partial charge in [0.2, 0.25) is 5.91 Å². The van der Waals surface area contributed by atoms with Crippen LogP contribution < -0.4 is 5.73 Å². The van der Waals surface area contributed by atoms with Crippen molar-refractivity contribution >= 4 is 5.91 Å². The normalized spacial score (nSPS) is 11.1. The summed E-state index contributed by atoms with van der Waals surface area (Å²) in [7, 11) is 0. The topological polar surface area (TPSA) is 80.3 Å². The first-order chi connectivity index (χ1) is 10.1. The fraction of sp³-hybridized carbons (Fsp3) is 0.786. The van der Waals surface area contributed by atoms with E-state index in [9.17, 15) is 4.79 Å². The fourth-order valence-electron chi connectivity index (χ4n) is 2.23. The summed E-state index contributed by atoms with van der Waals surface area (Å²) in [6.07, 6.45) is 2.72. The number of nitrogens with two attached hydrogens (primary N) is 1. The number of nitrogens with zero attached hydrogens (tertiary/aromatic N) is 5. The molecule has 120 valence electrons. The van der Waals surface area contributed by atoms with Gasteiger partial charge in [0, 0.05) is 19.6 Å². The Kier molecular flexibility index (Phi) is 7.92. The van der Waals surface area contributed by atoms with E-state index in [1.165, 1.54) is 0 Å². The van der Waals surface area contributed by atoms with Gasteiger partial charge < -0.3 is 15.5 Å². The number of amides is 1. The lowest BCUT2D eigenvalue weighted by molar-refractivity contribution is -0.132. The molecule has 7 heteroatoms. The van der Waals surface area contributed by atoms with Gasteiger partial charge in [-0.1, -0.05) is 19.1 Å². The lowest BCUT2D eigenvalue weighted by Gasteiger charge is -2.23. The van der Waals surface area contributed by atoms with Gasteiger partial charge in [-0.15, -0.1) is 5.10 Å². The summed E-state index contributed by atoms with van der Waals surface area (Å²) in [4.78, 5) is 16.5.